The Balaban J connectivity index is 1.66. The number of imide groups is 3. The summed E-state index contributed by atoms with van der Waals surface area (Å²) in [6.45, 7) is 1.24. The molecule has 0 saturated carbocycles. The van der Waals surface area contributed by atoms with Gasteiger partial charge in [0.1, 0.15) is 18.1 Å². The van der Waals surface area contributed by atoms with E-state index in [1.165, 1.54) is 6.08 Å². The zero-order chi connectivity index (χ0) is 23.6. The summed E-state index contributed by atoms with van der Waals surface area (Å²) < 4.78 is 10.4. The molecule has 0 radical (unpaired) electrons. The molecule has 0 spiro atoms. The molecule has 1 aromatic heterocycles. The normalized spacial score (nSPS) is 28.9. The Hall–Kier alpha value is -3.59. The van der Waals surface area contributed by atoms with Crippen LogP contribution in [0.5, 0.6) is 0 Å². The lowest BCUT2D eigenvalue weighted by Gasteiger charge is -2.41. The minimum Gasteiger partial charge on any atom is -0.463 e. The van der Waals surface area contributed by atoms with Crippen molar-refractivity contribution in [2.24, 2.45) is 17.8 Å². The number of ketones is 2. The molecular weight excluding hydrogens is 430 g/mol. The average molecular weight is 451 g/mol. The number of nitrogens with zero attached hydrogens (tertiary/aromatic N) is 1. The van der Waals surface area contributed by atoms with Crippen molar-refractivity contribution < 1.29 is 38.2 Å². The lowest BCUT2D eigenvalue weighted by Crippen LogP contribution is -2.40. The van der Waals surface area contributed by atoms with Gasteiger partial charge in [-0.05, 0) is 43.9 Å². The van der Waals surface area contributed by atoms with Gasteiger partial charge in [0.2, 0.25) is 11.8 Å². The quantitative estimate of drug-likeness (QED) is 0.410. The van der Waals surface area contributed by atoms with Crippen molar-refractivity contribution in [3.05, 3.63) is 58.1 Å². The highest BCUT2D eigenvalue weighted by Crippen LogP contribution is 2.55. The van der Waals surface area contributed by atoms with Gasteiger partial charge in [0.25, 0.3) is 0 Å². The van der Waals surface area contributed by atoms with Gasteiger partial charge in [-0.25, -0.2) is 4.79 Å². The molecule has 33 heavy (non-hydrogen) atoms. The Kier molecular flexibility index (Phi) is 4.82. The first-order chi connectivity index (χ1) is 15.8. The molecule has 1 N–H and O–H groups in total. The van der Waals surface area contributed by atoms with E-state index in [1.807, 2.05) is 6.08 Å². The van der Waals surface area contributed by atoms with Gasteiger partial charge in [0, 0.05) is 16.7 Å². The minimum atomic E-state index is -1.03. The van der Waals surface area contributed by atoms with Crippen LogP contribution >= 0.6 is 0 Å². The van der Waals surface area contributed by atoms with Gasteiger partial charge in [-0.15, -0.1) is 0 Å². The van der Waals surface area contributed by atoms with Crippen molar-refractivity contribution in [3.8, 4) is 0 Å². The highest BCUT2D eigenvalue weighted by atomic mass is 16.5. The zero-order valence-electron chi connectivity index (χ0n) is 18.0. The summed E-state index contributed by atoms with van der Waals surface area (Å²) in [7, 11) is 1.10. The van der Waals surface area contributed by atoms with Gasteiger partial charge in [0.05, 0.1) is 24.9 Å². The number of methoxy groups -OCH3 is 1. The third-order valence-electron chi connectivity index (χ3n) is 7.04. The number of aliphatic hydroxyl groups is 1. The maximum absolute atomic E-state index is 13.2. The molecule has 4 aliphatic rings. The van der Waals surface area contributed by atoms with Crippen LogP contribution in [-0.4, -0.2) is 46.6 Å². The van der Waals surface area contributed by atoms with Gasteiger partial charge in [0.15, 0.2) is 11.6 Å². The average Bonchev–Trinajstić information content (AvgIpc) is 3.38. The van der Waals surface area contributed by atoms with Crippen LogP contribution in [-0.2, 0) is 30.5 Å². The molecule has 1 aliphatic heterocycles. The van der Waals surface area contributed by atoms with E-state index in [2.05, 4.69) is 4.74 Å². The van der Waals surface area contributed by atoms with Gasteiger partial charge in [-0.2, -0.15) is 4.90 Å². The van der Waals surface area contributed by atoms with Crippen LogP contribution in [0.1, 0.15) is 37.2 Å². The second kappa shape index (κ2) is 7.48. The summed E-state index contributed by atoms with van der Waals surface area (Å²) >= 11 is 0. The Morgan fingerprint density at radius 3 is 2.61 bits per heavy atom. The Labute approximate surface area is 188 Å². The van der Waals surface area contributed by atoms with E-state index in [0.29, 0.717) is 33.1 Å². The van der Waals surface area contributed by atoms with E-state index in [-0.39, 0.29) is 36.6 Å². The van der Waals surface area contributed by atoms with Crippen LogP contribution in [0.25, 0.3) is 0 Å². The maximum Gasteiger partial charge on any atom is 0.423 e. The molecule has 0 aromatic carbocycles. The fraction of sp³-hybridized carbons (Fsp3) is 0.375. The lowest BCUT2D eigenvalue weighted by molar-refractivity contribution is -0.137. The van der Waals surface area contributed by atoms with Crippen molar-refractivity contribution in [1.82, 2.24) is 4.90 Å². The number of allylic oxidation sites excluding steroid dienone is 6. The van der Waals surface area contributed by atoms with Crippen molar-refractivity contribution in [3.63, 3.8) is 0 Å². The van der Waals surface area contributed by atoms with Crippen LogP contribution in [0, 0.1) is 17.8 Å². The van der Waals surface area contributed by atoms with E-state index in [1.54, 1.807) is 19.1 Å². The Morgan fingerprint density at radius 1 is 1.18 bits per heavy atom. The molecule has 0 bridgehead atoms. The molecular formula is C24H21NO8. The van der Waals surface area contributed by atoms with Crippen LogP contribution in [0.2, 0.25) is 0 Å². The maximum atomic E-state index is 13.2. The van der Waals surface area contributed by atoms with Crippen molar-refractivity contribution in [2.45, 2.75) is 32.3 Å². The van der Waals surface area contributed by atoms with Crippen molar-refractivity contribution in [2.75, 3.05) is 7.11 Å². The summed E-state index contributed by atoms with van der Waals surface area (Å²) in [5.74, 6) is -4.09. The molecule has 1 saturated heterocycles. The fourth-order valence-corrected chi connectivity index (χ4v) is 5.59. The number of amides is 3. The summed E-state index contributed by atoms with van der Waals surface area (Å²) in [5, 5.41) is 9.46. The second-order valence-corrected chi connectivity index (χ2v) is 8.67. The van der Waals surface area contributed by atoms with E-state index >= 15 is 0 Å². The summed E-state index contributed by atoms with van der Waals surface area (Å²) in [6, 6.07) is 3.23. The van der Waals surface area contributed by atoms with Crippen LogP contribution in [0.3, 0.4) is 0 Å². The number of carbonyl (C=O) groups excluding carboxylic acids is 5. The molecule has 1 fully saturated rings. The minimum absolute atomic E-state index is 0.106. The highest BCUT2D eigenvalue weighted by molar-refractivity contribution is 6.24. The molecule has 3 aliphatic carbocycles. The number of ether oxygens (including phenoxy) is 1. The standard InChI is InChI=1S/C24H21NO8/c1-10-7-16(27)15-8-14-12(19(20(15)21(10)28)17-6-3-11(9-26)33-17)4-5-13-18(14)23(30)25(22(13)29)24(31)32-2/h3-4,6-7,13-14,18-19,26H,5,8-9H2,1-2H3. The highest BCUT2D eigenvalue weighted by Gasteiger charge is 2.58. The van der Waals surface area contributed by atoms with Gasteiger partial charge >= 0.3 is 6.09 Å². The molecule has 9 heteroatoms. The number of fused-ring (bicyclic) bond motifs is 3. The third-order valence-corrected chi connectivity index (χ3v) is 7.04. The number of hydrogen-bond donors (Lipinski definition) is 1. The first-order valence-corrected chi connectivity index (χ1v) is 10.6. The summed E-state index contributed by atoms with van der Waals surface area (Å²) in [5.41, 5.74) is 1.62. The number of Topliss-reactive ketones (excluding diaryl/α,β-unsaturated/α-hetero) is 1. The Bertz CT molecular complexity index is 1230. The predicted octanol–water partition coefficient (Wildman–Crippen LogP) is 1.97. The molecule has 170 valence electrons. The first-order valence-electron chi connectivity index (χ1n) is 10.6. The lowest BCUT2D eigenvalue weighted by atomic mass is 9.60. The zero-order valence-corrected chi connectivity index (χ0v) is 18.0. The van der Waals surface area contributed by atoms with Crippen molar-refractivity contribution >= 4 is 29.5 Å². The largest absolute Gasteiger partial charge is 0.463 e. The monoisotopic (exact) mass is 451 g/mol. The topological polar surface area (TPSA) is 131 Å². The smallest absolute Gasteiger partial charge is 0.423 e. The van der Waals surface area contributed by atoms with E-state index in [9.17, 15) is 29.1 Å². The third kappa shape index (κ3) is 2.92. The van der Waals surface area contributed by atoms with Crippen LogP contribution in [0.15, 0.2) is 51.0 Å². The SMILES string of the molecule is COC(=O)N1C(=O)C2CC=C3C(c4ccc(CO)o4)C4=C(CC3C2C1=O)C(=O)C=C(C)C4=O. The molecule has 2 heterocycles. The summed E-state index contributed by atoms with van der Waals surface area (Å²) in [6.07, 6.45) is 2.39. The molecule has 3 amide bonds. The fourth-order valence-electron chi connectivity index (χ4n) is 5.59. The van der Waals surface area contributed by atoms with Gasteiger partial charge in [-0.1, -0.05) is 11.6 Å². The molecule has 9 nitrogen and oxygen atoms in total. The number of likely N-dealkylation sites (tertiary alicyclic amines) is 1. The van der Waals surface area contributed by atoms with E-state index < -0.39 is 41.6 Å². The van der Waals surface area contributed by atoms with Crippen LogP contribution < -0.4 is 0 Å². The Morgan fingerprint density at radius 2 is 1.94 bits per heavy atom. The number of carbonyl (C=O) groups is 5. The number of furan rings is 1. The summed E-state index contributed by atoms with van der Waals surface area (Å²) in [4.78, 5) is 64.8. The first kappa shape index (κ1) is 21.3. The van der Waals surface area contributed by atoms with Gasteiger partial charge in [-0.3, -0.25) is 19.2 Å². The van der Waals surface area contributed by atoms with Crippen LogP contribution in [0.4, 0.5) is 4.79 Å². The van der Waals surface area contributed by atoms with E-state index in [4.69, 9.17) is 4.42 Å². The van der Waals surface area contributed by atoms with Gasteiger partial charge < -0.3 is 14.3 Å². The number of hydrogen-bond acceptors (Lipinski definition) is 8. The van der Waals surface area contributed by atoms with Crippen molar-refractivity contribution in [1.29, 1.82) is 0 Å². The molecule has 1 aromatic rings. The second-order valence-electron chi connectivity index (χ2n) is 8.67. The predicted molar refractivity (Wildman–Crippen MR) is 110 cm³/mol. The number of rotatable bonds is 2. The van der Waals surface area contributed by atoms with E-state index in [0.717, 1.165) is 7.11 Å². The molecule has 4 atom stereocenters. The molecule has 5 rings (SSSR count). The number of aliphatic hydroxyl groups excluding tert-OH is 1. The molecule has 4 unspecified atom stereocenters.